The molecule has 1 amide bonds. The fourth-order valence-electron chi connectivity index (χ4n) is 1.64. The second-order valence-electron chi connectivity index (χ2n) is 3.74. The van der Waals surface area contributed by atoms with E-state index < -0.39 is 0 Å². The molecule has 0 bridgehead atoms. The third-order valence-corrected chi connectivity index (χ3v) is 2.50. The van der Waals surface area contributed by atoms with Crippen LogP contribution in [0.1, 0.15) is 12.0 Å². The first-order chi connectivity index (χ1) is 7.25. The first-order valence-corrected chi connectivity index (χ1v) is 4.98. The molecule has 1 aromatic heterocycles. The Hall–Kier alpha value is -1.55. The summed E-state index contributed by atoms with van der Waals surface area (Å²) in [6.45, 7) is 0.509. The first kappa shape index (κ1) is 9.98. The maximum absolute atomic E-state index is 11.6. The van der Waals surface area contributed by atoms with E-state index in [1.165, 1.54) is 0 Å². The standard InChI is InChI=1S/C11H14N2O2/c12-10-2-1-9(5-10)11(14)13-6-8-3-4-15-7-8/h1-4,7,9-10H,5-6,12H2,(H,13,14). The van der Waals surface area contributed by atoms with Gasteiger partial charge in [0.1, 0.15) is 0 Å². The van der Waals surface area contributed by atoms with Gasteiger partial charge in [0, 0.05) is 18.2 Å². The Kier molecular flexibility index (Phi) is 2.87. The van der Waals surface area contributed by atoms with Crippen molar-refractivity contribution in [2.75, 3.05) is 0 Å². The number of carbonyl (C=O) groups excluding carboxylic acids is 1. The van der Waals surface area contributed by atoms with E-state index in [-0.39, 0.29) is 17.9 Å². The number of rotatable bonds is 3. The molecule has 0 spiro atoms. The van der Waals surface area contributed by atoms with Crippen LogP contribution < -0.4 is 11.1 Å². The third kappa shape index (κ3) is 2.47. The van der Waals surface area contributed by atoms with E-state index >= 15 is 0 Å². The lowest BCUT2D eigenvalue weighted by Gasteiger charge is -2.09. The van der Waals surface area contributed by atoms with Crippen LogP contribution in [0.5, 0.6) is 0 Å². The molecule has 0 radical (unpaired) electrons. The Morgan fingerprint density at radius 3 is 3.07 bits per heavy atom. The smallest absolute Gasteiger partial charge is 0.227 e. The van der Waals surface area contributed by atoms with Gasteiger partial charge in [0.2, 0.25) is 5.91 Å². The molecule has 4 heteroatoms. The van der Waals surface area contributed by atoms with Crippen LogP contribution in [-0.4, -0.2) is 11.9 Å². The second-order valence-corrected chi connectivity index (χ2v) is 3.74. The molecule has 1 heterocycles. The first-order valence-electron chi connectivity index (χ1n) is 4.98. The Balaban J connectivity index is 1.81. The topological polar surface area (TPSA) is 68.3 Å². The summed E-state index contributed by atoms with van der Waals surface area (Å²) in [5.41, 5.74) is 6.64. The highest BCUT2D eigenvalue weighted by atomic mass is 16.3. The van der Waals surface area contributed by atoms with Crippen molar-refractivity contribution in [3.05, 3.63) is 36.3 Å². The van der Waals surface area contributed by atoms with Gasteiger partial charge in [-0.15, -0.1) is 0 Å². The van der Waals surface area contributed by atoms with Crippen LogP contribution in [0.4, 0.5) is 0 Å². The van der Waals surface area contributed by atoms with Crippen molar-refractivity contribution in [2.45, 2.75) is 19.0 Å². The highest BCUT2D eigenvalue weighted by molar-refractivity contribution is 5.81. The minimum atomic E-state index is -0.0769. The van der Waals surface area contributed by atoms with Crippen molar-refractivity contribution in [1.29, 1.82) is 0 Å². The largest absolute Gasteiger partial charge is 0.472 e. The van der Waals surface area contributed by atoms with Gasteiger partial charge in [0.05, 0.1) is 18.4 Å². The molecule has 0 aromatic carbocycles. The van der Waals surface area contributed by atoms with Crippen LogP contribution >= 0.6 is 0 Å². The number of amides is 1. The predicted molar refractivity (Wildman–Crippen MR) is 55.8 cm³/mol. The number of hydrogen-bond donors (Lipinski definition) is 2. The van der Waals surface area contributed by atoms with Crippen molar-refractivity contribution in [2.24, 2.45) is 11.7 Å². The zero-order valence-electron chi connectivity index (χ0n) is 8.35. The molecule has 80 valence electrons. The summed E-state index contributed by atoms with van der Waals surface area (Å²) in [6.07, 6.45) is 7.66. The fourth-order valence-corrected chi connectivity index (χ4v) is 1.64. The molecule has 0 saturated carbocycles. The van der Waals surface area contributed by atoms with Gasteiger partial charge in [-0.3, -0.25) is 4.79 Å². The fraction of sp³-hybridized carbons (Fsp3) is 0.364. The van der Waals surface area contributed by atoms with Crippen molar-refractivity contribution < 1.29 is 9.21 Å². The molecular weight excluding hydrogens is 192 g/mol. The van der Waals surface area contributed by atoms with Gasteiger partial charge in [-0.2, -0.15) is 0 Å². The molecule has 2 unspecified atom stereocenters. The highest BCUT2D eigenvalue weighted by Crippen LogP contribution is 2.16. The van der Waals surface area contributed by atoms with E-state index in [2.05, 4.69) is 5.32 Å². The SMILES string of the molecule is NC1C=CC(C(=O)NCc2ccoc2)C1. The van der Waals surface area contributed by atoms with E-state index in [1.807, 2.05) is 18.2 Å². The molecule has 1 aliphatic carbocycles. The minimum absolute atomic E-state index is 0.0228. The lowest BCUT2D eigenvalue weighted by Crippen LogP contribution is -2.30. The third-order valence-electron chi connectivity index (χ3n) is 2.50. The Morgan fingerprint density at radius 2 is 2.47 bits per heavy atom. The molecular formula is C11H14N2O2. The van der Waals surface area contributed by atoms with Crippen LogP contribution in [0, 0.1) is 5.92 Å². The average Bonchev–Trinajstić information content (AvgIpc) is 2.84. The van der Waals surface area contributed by atoms with E-state index in [9.17, 15) is 4.79 Å². The number of nitrogens with two attached hydrogens (primary N) is 1. The van der Waals surface area contributed by atoms with Crippen LogP contribution in [0.3, 0.4) is 0 Å². The lowest BCUT2D eigenvalue weighted by molar-refractivity contribution is -0.123. The normalized spacial score (nSPS) is 24.3. The predicted octanol–water partition coefficient (Wildman–Crippen LogP) is 0.799. The molecule has 0 fully saturated rings. The molecule has 2 rings (SSSR count). The van der Waals surface area contributed by atoms with E-state index in [0.29, 0.717) is 13.0 Å². The van der Waals surface area contributed by atoms with Crippen molar-refractivity contribution in [3.8, 4) is 0 Å². The zero-order valence-corrected chi connectivity index (χ0v) is 8.35. The Bertz CT molecular complexity index is 357. The Morgan fingerprint density at radius 1 is 1.60 bits per heavy atom. The maximum atomic E-state index is 11.6. The lowest BCUT2D eigenvalue weighted by atomic mass is 10.1. The van der Waals surface area contributed by atoms with E-state index in [4.69, 9.17) is 10.2 Å². The van der Waals surface area contributed by atoms with Gasteiger partial charge >= 0.3 is 0 Å². The van der Waals surface area contributed by atoms with Crippen molar-refractivity contribution in [1.82, 2.24) is 5.32 Å². The summed E-state index contributed by atoms with van der Waals surface area (Å²) < 4.78 is 4.90. The van der Waals surface area contributed by atoms with Crippen LogP contribution in [0.2, 0.25) is 0 Å². The van der Waals surface area contributed by atoms with E-state index in [0.717, 1.165) is 5.56 Å². The minimum Gasteiger partial charge on any atom is -0.472 e. The molecule has 15 heavy (non-hydrogen) atoms. The summed E-state index contributed by atoms with van der Waals surface area (Å²) in [5.74, 6) is -0.0488. The summed E-state index contributed by atoms with van der Waals surface area (Å²) in [6, 6.07) is 1.85. The van der Waals surface area contributed by atoms with Gasteiger partial charge < -0.3 is 15.5 Å². The number of hydrogen-bond acceptors (Lipinski definition) is 3. The Labute approximate surface area is 88.1 Å². The van der Waals surface area contributed by atoms with Crippen LogP contribution in [0.25, 0.3) is 0 Å². The van der Waals surface area contributed by atoms with Gasteiger partial charge in [0.25, 0.3) is 0 Å². The summed E-state index contributed by atoms with van der Waals surface area (Å²) in [7, 11) is 0. The van der Waals surface area contributed by atoms with Gasteiger partial charge in [0.15, 0.2) is 0 Å². The van der Waals surface area contributed by atoms with Crippen LogP contribution in [0.15, 0.2) is 35.2 Å². The number of furan rings is 1. The summed E-state index contributed by atoms with van der Waals surface area (Å²) >= 11 is 0. The van der Waals surface area contributed by atoms with Gasteiger partial charge in [-0.25, -0.2) is 0 Å². The molecule has 2 atom stereocenters. The van der Waals surface area contributed by atoms with Crippen LogP contribution in [-0.2, 0) is 11.3 Å². The number of carbonyl (C=O) groups is 1. The zero-order chi connectivity index (χ0) is 10.7. The van der Waals surface area contributed by atoms with Crippen molar-refractivity contribution in [3.63, 3.8) is 0 Å². The van der Waals surface area contributed by atoms with Crippen molar-refractivity contribution >= 4 is 5.91 Å². The highest BCUT2D eigenvalue weighted by Gasteiger charge is 2.22. The molecule has 3 N–H and O–H groups in total. The summed E-state index contributed by atoms with van der Waals surface area (Å²) in [5, 5.41) is 2.84. The summed E-state index contributed by atoms with van der Waals surface area (Å²) in [4.78, 5) is 11.6. The molecule has 1 aromatic rings. The van der Waals surface area contributed by atoms with Gasteiger partial charge in [-0.05, 0) is 12.5 Å². The monoisotopic (exact) mass is 206 g/mol. The second kappa shape index (κ2) is 4.31. The molecule has 0 aliphatic heterocycles. The maximum Gasteiger partial charge on any atom is 0.227 e. The average molecular weight is 206 g/mol. The quantitative estimate of drug-likeness (QED) is 0.719. The molecule has 4 nitrogen and oxygen atoms in total. The van der Waals surface area contributed by atoms with E-state index in [1.54, 1.807) is 12.5 Å². The molecule has 1 aliphatic rings. The van der Waals surface area contributed by atoms with Gasteiger partial charge in [-0.1, -0.05) is 12.2 Å². The molecule has 0 saturated heterocycles. The number of nitrogens with one attached hydrogen (secondary N) is 1.